The van der Waals surface area contributed by atoms with Gasteiger partial charge in [0.15, 0.2) is 0 Å². The summed E-state index contributed by atoms with van der Waals surface area (Å²) in [5.41, 5.74) is 4.77. The third kappa shape index (κ3) is 5.31. The van der Waals surface area contributed by atoms with Crippen molar-refractivity contribution in [2.75, 3.05) is 12.4 Å². The van der Waals surface area contributed by atoms with Gasteiger partial charge in [-0.3, -0.25) is 0 Å². The number of halogens is 2. The predicted molar refractivity (Wildman–Crippen MR) is 127 cm³/mol. The van der Waals surface area contributed by atoms with E-state index in [4.69, 9.17) is 16.3 Å². The third-order valence-corrected chi connectivity index (χ3v) is 6.81. The Bertz CT molecular complexity index is 1140. The van der Waals surface area contributed by atoms with Gasteiger partial charge in [-0.1, -0.05) is 66.2 Å². The zero-order valence-electron chi connectivity index (χ0n) is 17.5. The molecule has 1 atom stereocenters. The maximum atomic E-state index is 13.9. The lowest BCUT2D eigenvalue weighted by Crippen LogP contribution is -2.43. The normalized spacial score (nSPS) is 13.2. The fraction of sp³-hybridized carbons (Fsp3) is 0.200. The minimum atomic E-state index is -1.19. The summed E-state index contributed by atoms with van der Waals surface area (Å²) in [7, 11) is 0. The van der Waals surface area contributed by atoms with E-state index in [1.54, 1.807) is 12.1 Å². The molecule has 1 amide bonds. The molecule has 1 aliphatic rings. The van der Waals surface area contributed by atoms with Crippen molar-refractivity contribution in [1.82, 2.24) is 5.32 Å². The summed E-state index contributed by atoms with van der Waals surface area (Å²) in [6.07, 6.45) is -0.803. The van der Waals surface area contributed by atoms with Crippen LogP contribution in [0.5, 0.6) is 0 Å². The number of thioether (sulfide) groups is 1. The summed E-state index contributed by atoms with van der Waals surface area (Å²) in [5, 5.41) is 12.2. The van der Waals surface area contributed by atoms with Gasteiger partial charge in [0.25, 0.3) is 0 Å². The average Bonchev–Trinajstić information content (AvgIpc) is 3.12. The van der Waals surface area contributed by atoms with Gasteiger partial charge >= 0.3 is 12.1 Å². The number of amides is 1. The molecule has 3 aromatic carbocycles. The largest absolute Gasteiger partial charge is 0.480 e. The summed E-state index contributed by atoms with van der Waals surface area (Å²) in [6, 6.07) is 19.1. The van der Waals surface area contributed by atoms with Crippen LogP contribution in [0.25, 0.3) is 11.1 Å². The van der Waals surface area contributed by atoms with Crippen molar-refractivity contribution in [3.05, 3.63) is 94.3 Å². The van der Waals surface area contributed by atoms with Gasteiger partial charge in [-0.2, -0.15) is 11.8 Å². The Morgan fingerprint density at radius 1 is 1.06 bits per heavy atom. The third-order valence-electron chi connectivity index (χ3n) is 5.49. The van der Waals surface area contributed by atoms with E-state index >= 15 is 0 Å². The van der Waals surface area contributed by atoms with Crippen LogP contribution < -0.4 is 5.32 Å². The minimum absolute atomic E-state index is 0.0571. The van der Waals surface area contributed by atoms with E-state index in [1.165, 1.54) is 17.8 Å². The van der Waals surface area contributed by atoms with Gasteiger partial charge in [-0.15, -0.1) is 0 Å². The number of hydrogen-bond acceptors (Lipinski definition) is 4. The molecule has 8 heteroatoms. The van der Waals surface area contributed by atoms with Gasteiger partial charge in [0.1, 0.15) is 18.5 Å². The Morgan fingerprint density at radius 2 is 1.70 bits per heavy atom. The van der Waals surface area contributed by atoms with Crippen LogP contribution in [0, 0.1) is 5.82 Å². The summed E-state index contributed by atoms with van der Waals surface area (Å²) in [4.78, 5) is 24.0. The lowest BCUT2D eigenvalue weighted by molar-refractivity contribution is -0.138. The molecule has 170 valence electrons. The molecule has 0 heterocycles. The molecule has 0 aromatic heterocycles. The first-order valence-corrected chi connectivity index (χ1v) is 11.8. The Labute approximate surface area is 199 Å². The van der Waals surface area contributed by atoms with Crippen LogP contribution >= 0.6 is 23.4 Å². The van der Waals surface area contributed by atoms with Crippen molar-refractivity contribution >= 4 is 35.4 Å². The molecular weight excluding hydrogens is 465 g/mol. The number of fused-ring (bicyclic) bond motifs is 3. The van der Waals surface area contributed by atoms with E-state index in [1.807, 2.05) is 48.5 Å². The molecule has 0 bridgehead atoms. The second-order valence-corrected chi connectivity index (χ2v) is 9.08. The molecular formula is C25H21ClFNO4S. The number of nitrogens with one attached hydrogen (secondary N) is 1. The van der Waals surface area contributed by atoms with Crippen molar-refractivity contribution in [1.29, 1.82) is 0 Å². The molecule has 4 rings (SSSR count). The summed E-state index contributed by atoms with van der Waals surface area (Å²) in [6.45, 7) is 0.0926. The van der Waals surface area contributed by atoms with Gasteiger partial charge in [-0.05, 0) is 39.9 Å². The first-order valence-electron chi connectivity index (χ1n) is 10.3. The number of rotatable bonds is 8. The summed E-state index contributed by atoms with van der Waals surface area (Å²) >= 11 is 6.94. The van der Waals surface area contributed by atoms with Crippen molar-refractivity contribution in [3.8, 4) is 11.1 Å². The molecule has 0 radical (unpaired) electrons. The number of carboxylic acids is 1. The minimum Gasteiger partial charge on any atom is -0.480 e. The smallest absolute Gasteiger partial charge is 0.407 e. The van der Waals surface area contributed by atoms with E-state index in [0.29, 0.717) is 10.6 Å². The topological polar surface area (TPSA) is 75.6 Å². The molecule has 0 aliphatic heterocycles. The van der Waals surface area contributed by atoms with E-state index in [2.05, 4.69) is 5.32 Å². The Hall–Kier alpha value is -3.03. The van der Waals surface area contributed by atoms with Gasteiger partial charge in [0.05, 0.1) is 0 Å². The molecule has 0 fully saturated rings. The van der Waals surface area contributed by atoms with Crippen LogP contribution in [0.3, 0.4) is 0 Å². The fourth-order valence-electron chi connectivity index (χ4n) is 3.88. The van der Waals surface area contributed by atoms with E-state index in [0.717, 1.165) is 22.3 Å². The molecule has 5 nitrogen and oxygen atoms in total. The highest BCUT2D eigenvalue weighted by Crippen LogP contribution is 2.44. The quantitative estimate of drug-likeness (QED) is 0.428. The second-order valence-electron chi connectivity index (χ2n) is 7.61. The number of aliphatic carboxylic acids is 1. The van der Waals surface area contributed by atoms with Crippen LogP contribution in [-0.2, 0) is 15.3 Å². The van der Waals surface area contributed by atoms with Crippen molar-refractivity contribution < 1.29 is 23.8 Å². The standard InChI is InChI=1S/C25H21ClFNO4S/c26-16-10-9-15(22(27)11-16)13-33-14-23(24(29)30)28-25(31)32-12-21-19-7-3-1-5-17(19)18-6-2-4-8-20(18)21/h1-11,21,23H,12-14H2,(H,28,31)(H,29,30). The predicted octanol–water partition coefficient (Wildman–Crippen LogP) is 5.70. The summed E-state index contributed by atoms with van der Waals surface area (Å²) in [5.74, 6) is -1.45. The van der Waals surface area contributed by atoms with Crippen LogP contribution in [0.2, 0.25) is 5.02 Å². The fourth-order valence-corrected chi connectivity index (χ4v) is 5.07. The maximum Gasteiger partial charge on any atom is 0.407 e. The molecule has 0 spiro atoms. The van der Waals surface area contributed by atoms with Crippen LogP contribution in [0.15, 0.2) is 66.7 Å². The number of alkyl carbamates (subject to hydrolysis) is 1. The zero-order valence-corrected chi connectivity index (χ0v) is 19.0. The Kier molecular flexibility index (Phi) is 7.20. The van der Waals surface area contributed by atoms with Crippen molar-refractivity contribution in [2.24, 2.45) is 0 Å². The summed E-state index contributed by atoms with van der Waals surface area (Å²) < 4.78 is 19.3. The monoisotopic (exact) mass is 485 g/mol. The molecule has 0 saturated carbocycles. The second kappa shape index (κ2) is 10.3. The SMILES string of the molecule is O=C(NC(CSCc1ccc(Cl)cc1F)C(=O)O)OCC1c2ccccc2-c2ccccc21. The molecule has 1 unspecified atom stereocenters. The van der Waals surface area contributed by atoms with Crippen molar-refractivity contribution in [3.63, 3.8) is 0 Å². The highest BCUT2D eigenvalue weighted by molar-refractivity contribution is 7.98. The number of hydrogen-bond donors (Lipinski definition) is 2. The Balaban J connectivity index is 1.34. The molecule has 1 aliphatic carbocycles. The molecule has 0 saturated heterocycles. The molecule has 2 N–H and O–H groups in total. The van der Waals surface area contributed by atoms with Gasteiger partial charge in [-0.25, -0.2) is 14.0 Å². The number of carboxylic acid groups (broad SMARTS) is 1. The number of carbonyl (C=O) groups is 2. The van der Waals surface area contributed by atoms with E-state index in [-0.39, 0.29) is 24.0 Å². The van der Waals surface area contributed by atoms with Gasteiger partial charge in [0, 0.05) is 22.4 Å². The number of benzene rings is 3. The van der Waals surface area contributed by atoms with Gasteiger partial charge in [0.2, 0.25) is 0 Å². The molecule has 33 heavy (non-hydrogen) atoms. The highest BCUT2D eigenvalue weighted by atomic mass is 35.5. The zero-order chi connectivity index (χ0) is 23.4. The van der Waals surface area contributed by atoms with E-state index in [9.17, 15) is 19.1 Å². The lowest BCUT2D eigenvalue weighted by Gasteiger charge is -2.17. The first-order chi connectivity index (χ1) is 15.9. The average molecular weight is 486 g/mol. The molecule has 3 aromatic rings. The van der Waals surface area contributed by atoms with Crippen LogP contribution in [-0.4, -0.2) is 35.6 Å². The highest BCUT2D eigenvalue weighted by Gasteiger charge is 2.29. The van der Waals surface area contributed by atoms with Crippen LogP contribution in [0.4, 0.5) is 9.18 Å². The van der Waals surface area contributed by atoms with Crippen LogP contribution in [0.1, 0.15) is 22.6 Å². The maximum absolute atomic E-state index is 13.9. The lowest BCUT2D eigenvalue weighted by atomic mass is 9.98. The van der Waals surface area contributed by atoms with E-state index < -0.39 is 23.9 Å². The first kappa shape index (κ1) is 23.1. The van der Waals surface area contributed by atoms with Crippen molar-refractivity contribution in [2.45, 2.75) is 17.7 Å². The Morgan fingerprint density at radius 3 is 2.30 bits per heavy atom. The van der Waals surface area contributed by atoms with Gasteiger partial charge < -0.3 is 15.2 Å². The number of carbonyl (C=O) groups excluding carboxylic acids is 1. The number of ether oxygens (including phenoxy) is 1.